The van der Waals surface area contributed by atoms with Gasteiger partial charge in [0.05, 0.1) is 6.61 Å². The third-order valence-electron chi connectivity index (χ3n) is 6.01. The van der Waals surface area contributed by atoms with Crippen LogP contribution < -0.4 is 9.47 Å². The van der Waals surface area contributed by atoms with Crippen LogP contribution in [0.1, 0.15) is 33.5 Å². The van der Waals surface area contributed by atoms with Crippen molar-refractivity contribution in [2.45, 2.75) is 57.0 Å². The highest BCUT2D eigenvalue weighted by molar-refractivity contribution is 6.01. The molecule has 2 heterocycles. The van der Waals surface area contributed by atoms with Crippen LogP contribution in [-0.4, -0.2) is 74.9 Å². The first-order chi connectivity index (χ1) is 15.8. The van der Waals surface area contributed by atoms with Crippen molar-refractivity contribution in [1.82, 2.24) is 0 Å². The molecule has 2 aliphatic rings. The predicted octanol–water partition coefficient (Wildman–Crippen LogP) is 1.12. The van der Waals surface area contributed by atoms with Crippen molar-refractivity contribution < 1.29 is 43.8 Å². The summed E-state index contributed by atoms with van der Waals surface area (Å²) in [4.78, 5) is 13.1. The number of halogens is 1. The Balaban J connectivity index is 1.53. The highest BCUT2D eigenvalue weighted by Gasteiger charge is 2.50. The second kappa shape index (κ2) is 9.64. The van der Waals surface area contributed by atoms with Gasteiger partial charge in [-0.1, -0.05) is 12.1 Å². The molecule has 2 aliphatic heterocycles. The van der Waals surface area contributed by atoms with Crippen molar-refractivity contribution >= 4 is 5.78 Å². The van der Waals surface area contributed by atoms with Gasteiger partial charge in [0.15, 0.2) is 11.9 Å². The maximum absolute atomic E-state index is 14.1. The van der Waals surface area contributed by atoms with E-state index in [9.17, 15) is 29.6 Å². The standard InChI is InChI=1S/C24H27FO8/c1-12-8-16(28)20(15(27)4-2-13-3-5-17-14(10-13)6-7-31-17)18(9-12)32-24-23(30)22(29)21(25)19(11-26)33-24/h3,5,8-10,19,21-24,26,28-30H,2,4,6-7,11H2,1H3/p+1. The number of hydrogen-bond donors (Lipinski definition) is 4. The maximum atomic E-state index is 14.1. The molecule has 33 heavy (non-hydrogen) atoms. The number of Topliss-reactive ketones (excluding diaryl/α,β-unsaturated/α-hetero) is 1. The van der Waals surface area contributed by atoms with Crippen molar-refractivity contribution in [2.24, 2.45) is 0 Å². The van der Waals surface area contributed by atoms with E-state index in [0.717, 1.165) is 23.3 Å². The first-order valence-corrected chi connectivity index (χ1v) is 10.9. The number of benzene rings is 2. The van der Waals surface area contributed by atoms with Crippen molar-refractivity contribution in [2.75, 3.05) is 13.2 Å². The molecular weight excluding hydrogens is 435 g/mol. The van der Waals surface area contributed by atoms with Crippen molar-refractivity contribution in [3.8, 4) is 17.2 Å². The molecule has 8 nitrogen and oxygen atoms in total. The molecule has 5 N–H and O–H groups in total. The molecule has 0 aromatic heterocycles. The molecule has 2 aromatic carbocycles. The fourth-order valence-electron chi connectivity index (χ4n) is 4.21. The number of ketones is 1. The third-order valence-corrected chi connectivity index (χ3v) is 6.01. The molecule has 2 aromatic rings. The van der Waals surface area contributed by atoms with Gasteiger partial charge < -0.3 is 34.6 Å². The first-order valence-electron chi connectivity index (χ1n) is 10.9. The van der Waals surface area contributed by atoms with E-state index in [1.807, 2.05) is 18.2 Å². The zero-order valence-corrected chi connectivity index (χ0v) is 18.1. The molecule has 4 rings (SSSR count). The molecule has 0 radical (unpaired) electrons. The van der Waals surface area contributed by atoms with Gasteiger partial charge in [-0.3, -0.25) is 4.79 Å². The van der Waals surface area contributed by atoms with E-state index in [2.05, 4.69) is 4.74 Å². The second-order valence-corrected chi connectivity index (χ2v) is 8.45. The number of aromatic hydroxyl groups is 1. The lowest BCUT2D eigenvalue weighted by Gasteiger charge is -2.35. The monoisotopic (exact) mass is 463 g/mol. The Morgan fingerprint density at radius 3 is 2.79 bits per heavy atom. The Morgan fingerprint density at radius 2 is 2.03 bits per heavy atom. The number of ether oxygens (including phenoxy) is 3. The summed E-state index contributed by atoms with van der Waals surface area (Å²) in [5.74, 6) is 0.150. The Morgan fingerprint density at radius 1 is 1.24 bits per heavy atom. The molecule has 0 bridgehead atoms. The van der Waals surface area contributed by atoms with Gasteiger partial charge in [-0.05, 0) is 48.2 Å². The predicted molar refractivity (Wildman–Crippen MR) is 116 cm³/mol. The average Bonchev–Trinajstić information content (AvgIpc) is 3.25. The van der Waals surface area contributed by atoms with Crippen molar-refractivity contribution in [3.05, 3.63) is 52.6 Å². The largest absolute Gasteiger partial charge is 0.507 e. The molecule has 9 heteroatoms. The van der Waals surface area contributed by atoms with E-state index < -0.39 is 37.4 Å². The van der Waals surface area contributed by atoms with Crippen LogP contribution >= 0.6 is 0 Å². The topological polar surface area (TPSA) is 129 Å². The number of aliphatic hydroxyl groups excluding tert-OH is 3. The summed E-state index contributed by atoms with van der Waals surface area (Å²) in [7, 11) is 0. The molecule has 5 unspecified atom stereocenters. The molecule has 5 atom stereocenters. The molecule has 0 saturated carbocycles. The van der Waals surface area contributed by atoms with Gasteiger partial charge in [0, 0.05) is 12.8 Å². The molecule has 0 spiro atoms. The van der Waals surface area contributed by atoms with Crippen LogP contribution in [0.15, 0.2) is 30.3 Å². The Labute approximate surface area is 190 Å². The summed E-state index contributed by atoms with van der Waals surface area (Å²) >= 11 is 0. The van der Waals surface area contributed by atoms with E-state index in [0.29, 0.717) is 18.6 Å². The van der Waals surface area contributed by atoms with Gasteiger partial charge in [0.2, 0.25) is 12.3 Å². The quantitative estimate of drug-likeness (QED) is 0.358. The van der Waals surface area contributed by atoms with Gasteiger partial charge in [0.25, 0.3) is 0 Å². The van der Waals surface area contributed by atoms with Crippen LogP contribution in [0, 0.1) is 6.92 Å². The summed E-state index contributed by atoms with van der Waals surface area (Å²) in [5.41, 5.74) is 2.57. The summed E-state index contributed by atoms with van der Waals surface area (Å²) in [5, 5.41) is 40.0. The van der Waals surface area contributed by atoms with Crippen LogP contribution in [0.4, 0.5) is 4.39 Å². The van der Waals surface area contributed by atoms with Crippen molar-refractivity contribution in [1.29, 1.82) is 0 Å². The van der Waals surface area contributed by atoms with Gasteiger partial charge in [-0.25, -0.2) is 4.39 Å². The molecule has 0 aliphatic carbocycles. The van der Waals surface area contributed by atoms with Crippen LogP contribution in [0.2, 0.25) is 0 Å². The maximum Gasteiger partial charge on any atom is 0.334 e. The van der Waals surface area contributed by atoms with E-state index in [1.165, 1.54) is 12.1 Å². The Bertz CT molecular complexity index is 1020. The Hall–Kier alpha value is -2.72. The lowest BCUT2D eigenvalue weighted by atomic mass is 9.98. The van der Waals surface area contributed by atoms with Crippen molar-refractivity contribution in [3.63, 3.8) is 0 Å². The number of fused-ring (bicyclic) bond motifs is 1. The molecule has 178 valence electrons. The summed E-state index contributed by atoms with van der Waals surface area (Å²) in [6.07, 6.45) is -6.83. The molecule has 1 saturated heterocycles. The lowest BCUT2D eigenvalue weighted by Crippen LogP contribution is -2.60. The fraction of sp³-hybridized carbons (Fsp3) is 0.458. The van der Waals surface area contributed by atoms with E-state index in [-0.39, 0.29) is 29.3 Å². The third kappa shape index (κ3) is 4.81. The Kier molecular flexibility index (Phi) is 6.85. The molecule has 0 amide bonds. The molecule has 1 fully saturated rings. The fourth-order valence-corrected chi connectivity index (χ4v) is 4.21. The first kappa shape index (κ1) is 23.4. The smallest absolute Gasteiger partial charge is 0.334 e. The summed E-state index contributed by atoms with van der Waals surface area (Å²) < 4.78 is 29.2. The zero-order valence-electron chi connectivity index (χ0n) is 18.1. The highest BCUT2D eigenvalue weighted by atomic mass is 19.1. The number of aryl methyl sites for hydroxylation is 2. The van der Waals surface area contributed by atoms with Crippen LogP contribution in [0.25, 0.3) is 0 Å². The van der Waals surface area contributed by atoms with E-state index in [1.54, 1.807) is 6.92 Å². The summed E-state index contributed by atoms with van der Waals surface area (Å²) in [6, 6.07) is 8.70. The number of hydrogen-bond acceptors (Lipinski definition) is 7. The summed E-state index contributed by atoms with van der Waals surface area (Å²) in [6.45, 7) is 1.65. The van der Waals surface area contributed by atoms with Gasteiger partial charge >= 0.3 is 6.29 Å². The van der Waals surface area contributed by atoms with Gasteiger partial charge in [0.1, 0.15) is 35.5 Å². The van der Waals surface area contributed by atoms with E-state index in [4.69, 9.17) is 9.47 Å². The SMILES string of the molecule is Cc1cc(O)c(C(=O)CCc2ccc3c(c2)CCO3)c(OC2[OH+]C(CO)C(F)C(O)C2O)c1. The second-order valence-electron chi connectivity index (χ2n) is 8.45. The van der Waals surface area contributed by atoms with Crippen LogP contribution in [-0.2, 0) is 12.8 Å². The number of rotatable bonds is 7. The van der Waals surface area contributed by atoms with E-state index >= 15 is 0 Å². The van der Waals surface area contributed by atoms with Crippen LogP contribution in [0.5, 0.6) is 17.2 Å². The minimum atomic E-state index is -1.95. The number of carbonyl (C=O) groups is 1. The highest BCUT2D eigenvalue weighted by Crippen LogP contribution is 2.34. The lowest BCUT2D eigenvalue weighted by molar-refractivity contribution is -0.341. The number of phenolic OH excluding ortho intramolecular Hbond substituents is 1. The normalized spacial score (nSPS) is 26.5. The van der Waals surface area contributed by atoms with Crippen LogP contribution in [0.3, 0.4) is 0 Å². The number of carbonyl (C=O) groups excluding carboxylic acids is 1. The number of aliphatic hydroxyl groups is 5. The number of phenols is 1. The molecular formula is C24H28FO8+. The minimum Gasteiger partial charge on any atom is -0.507 e. The van der Waals surface area contributed by atoms with Gasteiger partial charge in [-0.2, -0.15) is 0 Å². The number of alkyl halides is 1. The minimum absolute atomic E-state index is 0.0335. The average molecular weight is 463 g/mol. The van der Waals surface area contributed by atoms with Gasteiger partial charge in [-0.15, -0.1) is 0 Å². The zero-order chi connectivity index (χ0) is 23.7.